The molecule has 9 atom stereocenters. The Morgan fingerprint density at radius 1 is 1.29 bits per heavy atom. The number of hydrogen-bond donors (Lipinski definition) is 1. The van der Waals surface area contributed by atoms with Gasteiger partial charge in [0.15, 0.2) is 0 Å². The lowest BCUT2D eigenvalue weighted by Crippen LogP contribution is -2.36. The SMILES string of the molecule is C=CCOC(=O)C[C@H]1CC[C@H](C)[C@@H](/C(C)=C/C=C/[C@H](C)C[C@@]2(C)O[C@@H]2[C@H](C)[C@H](OC)[C@H](C)O)O1. The summed E-state index contributed by atoms with van der Waals surface area (Å²) in [7, 11) is 1.64. The van der Waals surface area contributed by atoms with Crippen LogP contribution in [-0.4, -0.2) is 60.9 Å². The van der Waals surface area contributed by atoms with Crippen LogP contribution in [0.25, 0.3) is 0 Å². The summed E-state index contributed by atoms with van der Waals surface area (Å²) in [5.41, 5.74) is 0.975. The molecule has 0 saturated carbocycles. The fraction of sp³-hybridized carbons (Fsp3) is 0.750. The van der Waals surface area contributed by atoms with Gasteiger partial charge in [0.2, 0.25) is 0 Å². The molecule has 0 bridgehead atoms. The first kappa shape index (κ1) is 28.8. The summed E-state index contributed by atoms with van der Waals surface area (Å²) in [5.74, 6) is 0.643. The number of aliphatic hydroxyl groups excluding tert-OH is 1. The zero-order valence-electron chi connectivity index (χ0n) is 22.2. The first-order valence-corrected chi connectivity index (χ1v) is 12.7. The van der Waals surface area contributed by atoms with E-state index >= 15 is 0 Å². The van der Waals surface area contributed by atoms with E-state index in [1.165, 1.54) is 5.57 Å². The fourth-order valence-electron chi connectivity index (χ4n) is 5.42. The number of methoxy groups -OCH3 is 1. The van der Waals surface area contributed by atoms with E-state index in [0.717, 1.165) is 19.3 Å². The predicted octanol–water partition coefficient (Wildman–Crippen LogP) is 5.01. The maximum atomic E-state index is 11.9. The molecule has 34 heavy (non-hydrogen) atoms. The van der Waals surface area contributed by atoms with Gasteiger partial charge in [-0.1, -0.05) is 51.7 Å². The zero-order chi connectivity index (χ0) is 25.5. The van der Waals surface area contributed by atoms with Crippen molar-refractivity contribution in [2.45, 2.75) is 103 Å². The summed E-state index contributed by atoms with van der Waals surface area (Å²) in [5, 5.41) is 9.96. The van der Waals surface area contributed by atoms with Crippen molar-refractivity contribution in [3.8, 4) is 0 Å². The molecular formula is C28H46O6. The van der Waals surface area contributed by atoms with E-state index < -0.39 is 6.10 Å². The first-order valence-electron chi connectivity index (χ1n) is 12.7. The summed E-state index contributed by atoms with van der Waals surface area (Å²) < 4.78 is 22.9. The number of allylic oxidation sites excluding steroid dienone is 3. The van der Waals surface area contributed by atoms with Gasteiger partial charge in [-0.25, -0.2) is 0 Å². The molecule has 2 fully saturated rings. The Hall–Kier alpha value is -1.47. The number of hydrogen-bond acceptors (Lipinski definition) is 6. The van der Waals surface area contributed by atoms with Crippen LogP contribution in [0.1, 0.15) is 67.2 Å². The molecular weight excluding hydrogens is 432 g/mol. The average molecular weight is 479 g/mol. The molecule has 0 radical (unpaired) electrons. The average Bonchev–Trinajstić information content (AvgIpc) is 3.44. The van der Waals surface area contributed by atoms with Crippen LogP contribution in [0, 0.1) is 17.8 Å². The first-order chi connectivity index (χ1) is 16.0. The number of carbonyl (C=O) groups excluding carboxylic acids is 1. The minimum Gasteiger partial charge on any atom is -0.461 e. The molecule has 0 unspecified atom stereocenters. The van der Waals surface area contributed by atoms with Gasteiger partial charge in [-0.3, -0.25) is 4.79 Å². The lowest BCUT2D eigenvalue weighted by atomic mass is 9.85. The van der Waals surface area contributed by atoms with Crippen LogP contribution in [0.4, 0.5) is 0 Å². The van der Waals surface area contributed by atoms with Gasteiger partial charge in [0.05, 0.1) is 42.5 Å². The van der Waals surface area contributed by atoms with Crippen molar-refractivity contribution in [3.05, 3.63) is 36.5 Å². The normalized spacial score (nSPS) is 33.2. The summed E-state index contributed by atoms with van der Waals surface area (Å²) in [6.07, 6.45) is 10.3. The minimum atomic E-state index is -0.527. The lowest BCUT2D eigenvalue weighted by Gasteiger charge is -2.35. The second kappa shape index (κ2) is 13.0. The van der Waals surface area contributed by atoms with Crippen LogP contribution >= 0.6 is 0 Å². The zero-order valence-corrected chi connectivity index (χ0v) is 22.2. The number of aliphatic hydroxyl groups is 1. The molecule has 194 valence electrons. The third kappa shape index (κ3) is 8.04. The fourth-order valence-corrected chi connectivity index (χ4v) is 5.42. The Balaban J connectivity index is 1.87. The number of esters is 1. The summed E-state index contributed by atoms with van der Waals surface area (Å²) in [6.45, 7) is 16.3. The Morgan fingerprint density at radius 3 is 2.62 bits per heavy atom. The van der Waals surface area contributed by atoms with E-state index in [2.05, 4.69) is 59.4 Å². The third-order valence-electron chi connectivity index (χ3n) is 7.22. The van der Waals surface area contributed by atoms with Gasteiger partial charge in [0.25, 0.3) is 0 Å². The van der Waals surface area contributed by atoms with Crippen LogP contribution in [-0.2, 0) is 23.7 Å². The molecule has 0 aliphatic carbocycles. The summed E-state index contributed by atoms with van der Waals surface area (Å²) >= 11 is 0. The molecule has 2 heterocycles. The predicted molar refractivity (Wildman–Crippen MR) is 134 cm³/mol. The quantitative estimate of drug-likeness (QED) is 0.174. The molecule has 2 rings (SSSR count). The van der Waals surface area contributed by atoms with Crippen molar-refractivity contribution in [1.29, 1.82) is 0 Å². The van der Waals surface area contributed by atoms with Crippen molar-refractivity contribution in [3.63, 3.8) is 0 Å². The molecule has 2 aliphatic rings. The van der Waals surface area contributed by atoms with Crippen LogP contribution in [0.15, 0.2) is 36.5 Å². The van der Waals surface area contributed by atoms with Gasteiger partial charge < -0.3 is 24.1 Å². The topological polar surface area (TPSA) is 77.5 Å². The molecule has 6 heteroatoms. The lowest BCUT2D eigenvalue weighted by molar-refractivity contribution is -0.149. The monoisotopic (exact) mass is 478 g/mol. The van der Waals surface area contributed by atoms with Crippen molar-refractivity contribution >= 4 is 5.97 Å². The van der Waals surface area contributed by atoms with Gasteiger partial charge in [-0.05, 0) is 57.4 Å². The number of epoxide rings is 1. The molecule has 2 saturated heterocycles. The van der Waals surface area contributed by atoms with Gasteiger partial charge in [-0.15, -0.1) is 0 Å². The Labute approximate surface area is 206 Å². The molecule has 0 aromatic carbocycles. The van der Waals surface area contributed by atoms with Crippen molar-refractivity contribution in [1.82, 2.24) is 0 Å². The van der Waals surface area contributed by atoms with Crippen LogP contribution < -0.4 is 0 Å². The van der Waals surface area contributed by atoms with Gasteiger partial charge in [-0.2, -0.15) is 0 Å². The van der Waals surface area contributed by atoms with Crippen molar-refractivity contribution in [2.75, 3.05) is 13.7 Å². The van der Waals surface area contributed by atoms with E-state index in [1.54, 1.807) is 20.1 Å². The third-order valence-corrected chi connectivity index (χ3v) is 7.22. The molecule has 2 aliphatic heterocycles. The highest BCUT2D eigenvalue weighted by atomic mass is 16.6. The van der Waals surface area contributed by atoms with Gasteiger partial charge in [0, 0.05) is 13.0 Å². The molecule has 0 aromatic heterocycles. The molecule has 0 spiro atoms. The van der Waals surface area contributed by atoms with E-state index in [1.807, 2.05) is 0 Å². The molecule has 1 N–H and O–H groups in total. The van der Waals surface area contributed by atoms with Gasteiger partial charge in [0.1, 0.15) is 6.61 Å². The van der Waals surface area contributed by atoms with Crippen molar-refractivity contribution in [2.24, 2.45) is 17.8 Å². The van der Waals surface area contributed by atoms with Crippen LogP contribution in [0.5, 0.6) is 0 Å². The maximum Gasteiger partial charge on any atom is 0.308 e. The smallest absolute Gasteiger partial charge is 0.308 e. The van der Waals surface area contributed by atoms with E-state index in [9.17, 15) is 9.90 Å². The van der Waals surface area contributed by atoms with E-state index in [0.29, 0.717) is 11.8 Å². The number of carbonyl (C=O) groups is 1. The van der Waals surface area contributed by atoms with E-state index in [-0.39, 0.29) is 54.9 Å². The Morgan fingerprint density at radius 2 is 2.00 bits per heavy atom. The molecule has 0 amide bonds. The molecule has 6 nitrogen and oxygen atoms in total. The number of ether oxygens (including phenoxy) is 4. The largest absolute Gasteiger partial charge is 0.461 e. The summed E-state index contributed by atoms with van der Waals surface area (Å²) in [4.78, 5) is 11.9. The van der Waals surface area contributed by atoms with Gasteiger partial charge >= 0.3 is 5.97 Å². The standard InChI is InChI=1S/C28H46O6/c1-9-15-32-24(30)16-23-14-13-20(4)25(33-23)19(3)12-10-11-18(2)17-28(7)27(34-28)21(5)26(31-8)22(6)29/h9-12,18,20-23,25-27,29H,1,13-17H2,2-8H3/b11-10+,19-12+/t18-,20-,21+,22-,23+,25+,26-,27+,28+/m0/s1. The highest BCUT2D eigenvalue weighted by Gasteiger charge is 2.56. The number of rotatable bonds is 13. The minimum absolute atomic E-state index is 0.00636. The Kier molecular flexibility index (Phi) is 11.0. The Bertz CT molecular complexity index is 728. The summed E-state index contributed by atoms with van der Waals surface area (Å²) in [6, 6.07) is 0. The second-order valence-corrected chi connectivity index (χ2v) is 10.5. The highest BCUT2D eigenvalue weighted by Crippen LogP contribution is 2.47. The van der Waals surface area contributed by atoms with Crippen molar-refractivity contribution < 1.29 is 28.8 Å². The maximum absolute atomic E-state index is 11.9. The van der Waals surface area contributed by atoms with Crippen LogP contribution in [0.2, 0.25) is 0 Å². The van der Waals surface area contributed by atoms with E-state index in [4.69, 9.17) is 18.9 Å². The molecule has 0 aromatic rings. The second-order valence-electron chi connectivity index (χ2n) is 10.5. The highest BCUT2D eigenvalue weighted by molar-refractivity contribution is 5.70. The van der Waals surface area contributed by atoms with Crippen LogP contribution in [0.3, 0.4) is 0 Å².